The van der Waals surface area contributed by atoms with E-state index in [0.29, 0.717) is 20.9 Å². The topological polar surface area (TPSA) is 34.1 Å². The molecular formula is C13H9BrClF3N2O. The standard InChI is InChI=1S/C13H9BrClF3N2O/c14-10-5-9(7-20-12(10)15)19-6-8-3-1-2-4-11(8)21-13(16,17)18/h1-5,7,19H,6H2. The van der Waals surface area contributed by atoms with Gasteiger partial charge in [0.2, 0.25) is 0 Å². The number of nitrogens with zero attached hydrogens (tertiary/aromatic N) is 1. The number of pyridine rings is 1. The van der Waals surface area contributed by atoms with Gasteiger partial charge in [0.15, 0.2) is 0 Å². The van der Waals surface area contributed by atoms with E-state index in [2.05, 4.69) is 31.0 Å². The van der Waals surface area contributed by atoms with Gasteiger partial charge in [-0.25, -0.2) is 4.98 Å². The number of anilines is 1. The Morgan fingerprint density at radius 1 is 1.29 bits per heavy atom. The maximum absolute atomic E-state index is 12.3. The van der Waals surface area contributed by atoms with Crippen molar-refractivity contribution < 1.29 is 17.9 Å². The fourth-order valence-electron chi connectivity index (χ4n) is 1.59. The number of rotatable bonds is 4. The zero-order chi connectivity index (χ0) is 15.5. The summed E-state index contributed by atoms with van der Waals surface area (Å²) in [5.74, 6) is -0.238. The number of aromatic nitrogens is 1. The average Bonchev–Trinajstić information content (AvgIpc) is 2.40. The Kier molecular flexibility index (Phi) is 4.95. The molecule has 112 valence electrons. The van der Waals surface area contributed by atoms with Gasteiger partial charge in [-0.15, -0.1) is 13.2 Å². The molecule has 0 spiro atoms. The van der Waals surface area contributed by atoms with Gasteiger partial charge in [0.05, 0.1) is 16.4 Å². The van der Waals surface area contributed by atoms with Gasteiger partial charge in [-0.2, -0.15) is 0 Å². The largest absolute Gasteiger partial charge is 0.573 e. The first-order valence-electron chi connectivity index (χ1n) is 5.74. The van der Waals surface area contributed by atoms with Crippen LogP contribution in [0, 0.1) is 0 Å². The second-order valence-electron chi connectivity index (χ2n) is 4.01. The van der Waals surface area contributed by atoms with Gasteiger partial charge in [0, 0.05) is 12.1 Å². The average molecular weight is 382 g/mol. The van der Waals surface area contributed by atoms with Crippen molar-refractivity contribution >= 4 is 33.2 Å². The SMILES string of the molecule is FC(F)(F)Oc1ccccc1CNc1cnc(Cl)c(Br)c1. The first kappa shape index (κ1) is 15.9. The minimum absolute atomic E-state index is 0.155. The highest BCUT2D eigenvalue weighted by Gasteiger charge is 2.31. The number of benzene rings is 1. The number of hydrogen-bond donors (Lipinski definition) is 1. The van der Waals surface area contributed by atoms with Gasteiger partial charge in [-0.3, -0.25) is 0 Å². The van der Waals surface area contributed by atoms with Gasteiger partial charge in [0.1, 0.15) is 10.9 Å². The van der Waals surface area contributed by atoms with Crippen LogP contribution in [0.2, 0.25) is 5.15 Å². The Morgan fingerprint density at radius 2 is 2.00 bits per heavy atom. The molecule has 0 radical (unpaired) electrons. The second kappa shape index (κ2) is 6.53. The van der Waals surface area contributed by atoms with E-state index in [4.69, 9.17) is 11.6 Å². The van der Waals surface area contributed by atoms with E-state index in [-0.39, 0.29) is 12.3 Å². The van der Waals surface area contributed by atoms with E-state index >= 15 is 0 Å². The maximum atomic E-state index is 12.3. The molecule has 21 heavy (non-hydrogen) atoms. The molecule has 0 unspecified atom stereocenters. The van der Waals surface area contributed by atoms with Crippen LogP contribution >= 0.6 is 27.5 Å². The van der Waals surface area contributed by atoms with Crippen LogP contribution in [-0.4, -0.2) is 11.3 Å². The fourth-order valence-corrected chi connectivity index (χ4v) is 2.04. The van der Waals surface area contributed by atoms with Gasteiger partial charge in [0.25, 0.3) is 0 Å². The predicted octanol–water partition coefficient (Wildman–Crippen LogP) is 5.01. The zero-order valence-corrected chi connectivity index (χ0v) is 12.8. The molecule has 0 amide bonds. The minimum atomic E-state index is -4.72. The molecule has 1 heterocycles. The molecule has 0 bridgehead atoms. The summed E-state index contributed by atoms with van der Waals surface area (Å²) in [6.07, 6.45) is -3.23. The molecule has 2 rings (SSSR count). The maximum Gasteiger partial charge on any atom is 0.573 e. The monoisotopic (exact) mass is 380 g/mol. The molecule has 0 aliphatic heterocycles. The Hall–Kier alpha value is -1.47. The van der Waals surface area contributed by atoms with Crippen molar-refractivity contribution in [3.63, 3.8) is 0 Å². The van der Waals surface area contributed by atoms with Crippen molar-refractivity contribution in [3.8, 4) is 5.75 Å². The molecule has 0 saturated carbocycles. The number of ether oxygens (including phenoxy) is 1. The summed E-state index contributed by atoms with van der Waals surface area (Å²) in [5.41, 5.74) is 0.994. The van der Waals surface area contributed by atoms with Crippen LogP contribution < -0.4 is 10.1 Å². The highest BCUT2D eigenvalue weighted by atomic mass is 79.9. The van der Waals surface area contributed by atoms with Gasteiger partial charge in [-0.05, 0) is 28.1 Å². The Balaban J connectivity index is 2.11. The van der Waals surface area contributed by atoms with Crippen molar-refractivity contribution in [1.29, 1.82) is 0 Å². The van der Waals surface area contributed by atoms with Crippen molar-refractivity contribution in [2.45, 2.75) is 12.9 Å². The molecule has 1 aromatic heterocycles. The van der Waals surface area contributed by atoms with E-state index < -0.39 is 6.36 Å². The van der Waals surface area contributed by atoms with Crippen molar-refractivity contribution in [2.24, 2.45) is 0 Å². The lowest BCUT2D eigenvalue weighted by Gasteiger charge is -2.14. The third-order valence-corrected chi connectivity index (χ3v) is 3.61. The Labute approximate surface area is 132 Å². The van der Waals surface area contributed by atoms with Gasteiger partial charge in [-0.1, -0.05) is 29.8 Å². The van der Waals surface area contributed by atoms with E-state index in [0.717, 1.165) is 0 Å². The molecule has 1 N–H and O–H groups in total. The van der Waals surface area contributed by atoms with E-state index in [1.807, 2.05) is 0 Å². The fraction of sp³-hybridized carbons (Fsp3) is 0.154. The number of para-hydroxylation sites is 1. The summed E-state index contributed by atoms with van der Waals surface area (Å²) in [5, 5.41) is 3.26. The third kappa shape index (κ3) is 4.78. The van der Waals surface area contributed by atoms with Crippen molar-refractivity contribution in [2.75, 3.05) is 5.32 Å². The van der Waals surface area contributed by atoms with Crippen LogP contribution in [-0.2, 0) is 6.54 Å². The molecule has 3 nitrogen and oxygen atoms in total. The summed E-state index contributed by atoms with van der Waals surface area (Å²) >= 11 is 8.98. The summed E-state index contributed by atoms with van der Waals surface area (Å²) in [7, 11) is 0. The Morgan fingerprint density at radius 3 is 2.67 bits per heavy atom. The molecule has 0 aliphatic carbocycles. The third-order valence-electron chi connectivity index (χ3n) is 2.48. The molecule has 8 heteroatoms. The minimum Gasteiger partial charge on any atom is -0.405 e. The molecule has 1 aromatic carbocycles. The predicted molar refractivity (Wildman–Crippen MR) is 77.4 cm³/mol. The highest BCUT2D eigenvalue weighted by molar-refractivity contribution is 9.10. The lowest BCUT2D eigenvalue weighted by atomic mass is 10.2. The quantitative estimate of drug-likeness (QED) is 0.756. The highest BCUT2D eigenvalue weighted by Crippen LogP contribution is 2.27. The van der Waals surface area contributed by atoms with Gasteiger partial charge >= 0.3 is 6.36 Å². The number of alkyl halides is 3. The van der Waals surface area contributed by atoms with E-state index in [9.17, 15) is 13.2 Å². The van der Waals surface area contributed by atoms with Crippen LogP contribution in [0.25, 0.3) is 0 Å². The second-order valence-corrected chi connectivity index (χ2v) is 5.22. The smallest absolute Gasteiger partial charge is 0.405 e. The van der Waals surface area contributed by atoms with Crippen molar-refractivity contribution in [3.05, 3.63) is 51.7 Å². The summed E-state index contributed by atoms with van der Waals surface area (Å²) in [6.45, 7) is 0.155. The molecule has 2 aromatic rings. The zero-order valence-electron chi connectivity index (χ0n) is 10.4. The molecule has 0 atom stereocenters. The van der Waals surface area contributed by atoms with Crippen LogP contribution in [0.4, 0.5) is 18.9 Å². The molecule has 0 saturated heterocycles. The van der Waals surface area contributed by atoms with Gasteiger partial charge < -0.3 is 10.1 Å². The number of hydrogen-bond acceptors (Lipinski definition) is 3. The summed E-state index contributed by atoms with van der Waals surface area (Å²) in [6, 6.07) is 7.61. The van der Waals surface area contributed by atoms with Crippen molar-refractivity contribution in [1.82, 2.24) is 4.98 Å². The Bertz CT molecular complexity index is 637. The molecule has 0 fully saturated rings. The van der Waals surface area contributed by atoms with Crippen LogP contribution in [0.15, 0.2) is 41.0 Å². The lowest BCUT2D eigenvalue weighted by Crippen LogP contribution is -2.18. The van der Waals surface area contributed by atoms with Crippen LogP contribution in [0.3, 0.4) is 0 Å². The lowest BCUT2D eigenvalue weighted by molar-refractivity contribution is -0.274. The first-order chi connectivity index (χ1) is 9.85. The molecular weight excluding hydrogens is 373 g/mol. The van der Waals surface area contributed by atoms with E-state index in [1.165, 1.54) is 18.3 Å². The van der Waals surface area contributed by atoms with E-state index in [1.54, 1.807) is 18.2 Å². The summed E-state index contributed by atoms with van der Waals surface area (Å²) < 4.78 is 41.5. The number of halogens is 5. The first-order valence-corrected chi connectivity index (χ1v) is 6.91. The molecule has 0 aliphatic rings. The van der Waals surface area contributed by atoms with Crippen LogP contribution in [0.1, 0.15) is 5.56 Å². The van der Waals surface area contributed by atoms with Crippen LogP contribution in [0.5, 0.6) is 5.75 Å². The normalized spacial score (nSPS) is 11.3. The number of nitrogens with one attached hydrogen (secondary N) is 1. The summed E-state index contributed by atoms with van der Waals surface area (Å²) in [4.78, 5) is 3.92.